The van der Waals surface area contributed by atoms with Crippen molar-refractivity contribution in [2.75, 3.05) is 27.9 Å². The first-order valence-corrected chi connectivity index (χ1v) is 9.77. The van der Waals surface area contributed by atoms with Crippen LogP contribution in [-0.4, -0.2) is 44.6 Å². The van der Waals surface area contributed by atoms with Gasteiger partial charge in [0, 0.05) is 23.8 Å². The fourth-order valence-electron chi connectivity index (χ4n) is 3.40. The highest BCUT2D eigenvalue weighted by Crippen LogP contribution is 2.39. The molecule has 1 saturated heterocycles. The second kappa shape index (κ2) is 9.93. The summed E-state index contributed by atoms with van der Waals surface area (Å²) in [5.41, 5.74) is 1.47. The van der Waals surface area contributed by atoms with Crippen LogP contribution >= 0.6 is 0 Å². The second-order valence-corrected chi connectivity index (χ2v) is 6.88. The highest BCUT2D eigenvalue weighted by atomic mass is 19.1. The molecule has 0 radical (unpaired) electrons. The Kier molecular flexibility index (Phi) is 7.07. The van der Waals surface area contributed by atoms with Gasteiger partial charge in [-0.15, -0.1) is 0 Å². The van der Waals surface area contributed by atoms with Crippen LogP contribution in [0.5, 0.6) is 17.2 Å². The summed E-state index contributed by atoms with van der Waals surface area (Å²) in [6.07, 6.45) is 5.49. The lowest BCUT2D eigenvalue weighted by Crippen LogP contribution is -2.40. The molecule has 1 fully saturated rings. The van der Waals surface area contributed by atoms with Crippen LogP contribution in [0, 0.1) is 5.82 Å². The third-order valence-corrected chi connectivity index (χ3v) is 4.95. The molecule has 0 saturated carbocycles. The Morgan fingerprint density at radius 3 is 2.35 bits per heavy atom. The predicted molar refractivity (Wildman–Crippen MR) is 115 cm³/mol. The number of carbonyl (C=O) groups excluding carboxylic acids is 2. The van der Waals surface area contributed by atoms with Crippen LogP contribution in [0.4, 0.5) is 4.39 Å². The molecule has 1 aliphatic rings. The highest BCUT2D eigenvalue weighted by Gasteiger charge is 2.27. The number of hydrogen-bond acceptors (Lipinski definition) is 5. The van der Waals surface area contributed by atoms with Gasteiger partial charge >= 0.3 is 0 Å². The van der Waals surface area contributed by atoms with E-state index in [1.165, 1.54) is 44.4 Å². The quantitative estimate of drug-likeness (QED) is 0.652. The van der Waals surface area contributed by atoms with Crippen LogP contribution in [0.25, 0.3) is 12.2 Å². The summed E-state index contributed by atoms with van der Waals surface area (Å²) in [6, 6.07) is 9.60. The van der Waals surface area contributed by atoms with Crippen LogP contribution in [0.2, 0.25) is 0 Å². The minimum Gasteiger partial charge on any atom is -0.493 e. The molecule has 2 aromatic rings. The zero-order chi connectivity index (χ0) is 22.4. The van der Waals surface area contributed by atoms with Crippen LogP contribution in [0.1, 0.15) is 24.0 Å². The zero-order valence-corrected chi connectivity index (χ0v) is 17.7. The van der Waals surface area contributed by atoms with Gasteiger partial charge in [-0.25, -0.2) is 4.39 Å². The number of benzene rings is 2. The monoisotopic (exact) mass is 425 g/mol. The number of likely N-dealkylation sites (tertiary alicyclic amines) is 1. The van der Waals surface area contributed by atoms with E-state index in [-0.39, 0.29) is 11.5 Å². The van der Waals surface area contributed by atoms with E-state index < -0.39 is 11.7 Å². The van der Waals surface area contributed by atoms with Gasteiger partial charge in [-0.1, -0.05) is 18.2 Å². The topological polar surface area (TPSA) is 65.1 Å². The first kappa shape index (κ1) is 22.1. The van der Waals surface area contributed by atoms with Gasteiger partial charge in [0.1, 0.15) is 5.82 Å². The van der Waals surface area contributed by atoms with Gasteiger partial charge in [0.05, 0.1) is 21.3 Å². The van der Waals surface area contributed by atoms with Crippen molar-refractivity contribution in [1.29, 1.82) is 0 Å². The lowest BCUT2D eigenvalue weighted by atomic mass is 10.00. The van der Waals surface area contributed by atoms with Crippen molar-refractivity contribution in [2.24, 2.45) is 0 Å². The summed E-state index contributed by atoms with van der Waals surface area (Å²) in [5, 5.41) is 0. The largest absolute Gasteiger partial charge is 0.493 e. The first-order valence-electron chi connectivity index (χ1n) is 9.77. The molecule has 0 N–H and O–H groups in total. The number of imide groups is 1. The van der Waals surface area contributed by atoms with Crippen molar-refractivity contribution < 1.29 is 28.2 Å². The van der Waals surface area contributed by atoms with E-state index in [9.17, 15) is 14.0 Å². The third kappa shape index (κ3) is 4.94. The predicted octanol–water partition coefficient (Wildman–Crippen LogP) is 4.10. The normalized spacial score (nSPS) is 15.4. The number of rotatable bonds is 6. The number of hydrogen-bond donors (Lipinski definition) is 0. The Morgan fingerprint density at radius 1 is 1.06 bits per heavy atom. The van der Waals surface area contributed by atoms with E-state index in [1.807, 2.05) is 0 Å². The van der Waals surface area contributed by atoms with Crippen molar-refractivity contribution in [1.82, 2.24) is 4.90 Å². The van der Waals surface area contributed by atoms with Crippen molar-refractivity contribution in [3.63, 3.8) is 0 Å². The molecule has 0 unspecified atom stereocenters. The van der Waals surface area contributed by atoms with E-state index in [2.05, 4.69) is 0 Å². The molecule has 0 aromatic heterocycles. The second-order valence-electron chi connectivity index (χ2n) is 6.88. The maximum atomic E-state index is 13.8. The fourth-order valence-corrected chi connectivity index (χ4v) is 3.40. The minimum absolute atomic E-state index is 0.286. The SMILES string of the molecule is COc1cc(/C=C2\CCCN(C(=O)/C=C/c3ccccc3F)C2=O)cc(OC)c1OC. The molecule has 1 aliphatic heterocycles. The Labute approximate surface area is 180 Å². The Bertz CT molecular complexity index is 1020. The summed E-state index contributed by atoms with van der Waals surface area (Å²) in [6.45, 7) is 0.311. The molecule has 2 amide bonds. The van der Waals surface area contributed by atoms with Gasteiger partial charge in [-0.2, -0.15) is 0 Å². The molecule has 0 spiro atoms. The van der Waals surface area contributed by atoms with Crippen LogP contribution in [0.3, 0.4) is 0 Å². The highest BCUT2D eigenvalue weighted by molar-refractivity contribution is 6.11. The third-order valence-electron chi connectivity index (χ3n) is 4.95. The molecular formula is C24H24FNO5. The van der Waals surface area contributed by atoms with E-state index >= 15 is 0 Å². The molecule has 2 aromatic carbocycles. The number of halogens is 1. The number of piperidine rings is 1. The van der Waals surface area contributed by atoms with Crippen molar-refractivity contribution in [2.45, 2.75) is 12.8 Å². The summed E-state index contributed by atoms with van der Waals surface area (Å²) in [4.78, 5) is 26.7. The van der Waals surface area contributed by atoms with Gasteiger partial charge in [0.15, 0.2) is 11.5 Å². The number of amides is 2. The zero-order valence-electron chi connectivity index (χ0n) is 17.7. The van der Waals surface area contributed by atoms with E-state index in [0.717, 1.165) is 0 Å². The lowest BCUT2D eigenvalue weighted by Gasteiger charge is -2.26. The van der Waals surface area contributed by atoms with Gasteiger partial charge in [0.25, 0.3) is 11.8 Å². The molecule has 0 bridgehead atoms. The molecule has 0 atom stereocenters. The first-order chi connectivity index (χ1) is 15.0. The van der Waals surface area contributed by atoms with Gasteiger partial charge in [-0.05, 0) is 48.8 Å². The number of ether oxygens (including phenoxy) is 3. The standard InChI is InChI=1S/C24H24FNO5/c1-29-20-14-16(15-21(30-2)23(20)31-3)13-18-8-6-12-26(24(18)28)22(27)11-10-17-7-4-5-9-19(17)25/h4-5,7,9-11,13-15H,6,8,12H2,1-3H3/b11-10+,18-13+. The van der Waals surface area contributed by atoms with Gasteiger partial charge < -0.3 is 14.2 Å². The fraction of sp³-hybridized carbons (Fsp3) is 0.250. The van der Waals surface area contributed by atoms with Crippen LogP contribution in [-0.2, 0) is 9.59 Å². The van der Waals surface area contributed by atoms with Gasteiger partial charge in [0.2, 0.25) is 5.75 Å². The van der Waals surface area contributed by atoms with E-state index in [0.29, 0.717) is 47.8 Å². The maximum Gasteiger partial charge on any atom is 0.256 e. The summed E-state index contributed by atoms with van der Waals surface area (Å²) in [7, 11) is 4.55. The Hall–Kier alpha value is -3.61. The lowest BCUT2D eigenvalue weighted by molar-refractivity contribution is -0.140. The smallest absolute Gasteiger partial charge is 0.256 e. The van der Waals surface area contributed by atoms with Crippen molar-refractivity contribution >= 4 is 24.0 Å². The van der Waals surface area contributed by atoms with E-state index in [1.54, 1.807) is 36.4 Å². The van der Waals surface area contributed by atoms with E-state index in [4.69, 9.17) is 14.2 Å². The molecule has 1 heterocycles. The molecule has 7 heteroatoms. The Morgan fingerprint density at radius 2 is 1.74 bits per heavy atom. The molecular weight excluding hydrogens is 401 g/mol. The minimum atomic E-state index is -0.483. The average molecular weight is 425 g/mol. The molecule has 6 nitrogen and oxygen atoms in total. The molecule has 162 valence electrons. The van der Waals surface area contributed by atoms with Crippen LogP contribution < -0.4 is 14.2 Å². The van der Waals surface area contributed by atoms with Crippen molar-refractivity contribution in [3.05, 3.63) is 65.0 Å². The Balaban J connectivity index is 1.84. The number of methoxy groups -OCH3 is 3. The molecule has 0 aliphatic carbocycles. The molecule has 3 rings (SSSR count). The summed E-state index contributed by atoms with van der Waals surface area (Å²) < 4.78 is 29.8. The van der Waals surface area contributed by atoms with Crippen molar-refractivity contribution in [3.8, 4) is 17.2 Å². The number of carbonyl (C=O) groups is 2. The van der Waals surface area contributed by atoms with Gasteiger partial charge in [-0.3, -0.25) is 14.5 Å². The van der Waals surface area contributed by atoms with Crippen LogP contribution in [0.15, 0.2) is 48.0 Å². The average Bonchev–Trinajstić information content (AvgIpc) is 2.79. The maximum absolute atomic E-state index is 13.8. The summed E-state index contributed by atoms with van der Waals surface area (Å²) >= 11 is 0. The number of nitrogens with zero attached hydrogens (tertiary/aromatic N) is 1. The summed E-state index contributed by atoms with van der Waals surface area (Å²) in [5.74, 6) is 0.110. The molecule has 31 heavy (non-hydrogen) atoms.